The van der Waals surface area contributed by atoms with E-state index in [9.17, 15) is 9.00 Å². The van der Waals surface area contributed by atoms with Crippen molar-refractivity contribution in [1.82, 2.24) is 9.97 Å². The van der Waals surface area contributed by atoms with Crippen LogP contribution in [0.5, 0.6) is 0 Å². The smallest absolute Gasteiger partial charge is 0.318 e. The number of esters is 1. The Kier molecular flexibility index (Phi) is 7.20. The average Bonchev–Trinajstić information content (AvgIpc) is 3.11. The van der Waals surface area contributed by atoms with Crippen LogP contribution < -0.4 is 5.32 Å². The highest BCUT2D eigenvalue weighted by atomic mass is 35.5. The fraction of sp³-hybridized carbons (Fsp3) is 0.409. The summed E-state index contributed by atoms with van der Waals surface area (Å²) in [5.41, 5.74) is 2.31. The molecule has 1 aliphatic carbocycles. The number of hydrogen-bond donors (Lipinski definition) is 1. The van der Waals surface area contributed by atoms with E-state index in [1.807, 2.05) is 24.3 Å². The molecule has 6 nitrogen and oxygen atoms in total. The van der Waals surface area contributed by atoms with Gasteiger partial charge in [0.2, 0.25) is 0 Å². The number of benzene rings is 1. The van der Waals surface area contributed by atoms with E-state index in [1.165, 1.54) is 16.9 Å². The second-order valence-electron chi connectivity index (χ2n) is 7.36. The van der Waals surface area contributed by atoms with Crippen LogP contribution in [-0.4, -0.2) is 32.5 Å². The molecule has 164 valence electrons. The lowest BCUT2D eigenvalue weighted by Crippen LogP contribution is -2.16. The molecule has 0 saturated carbocycles. The molecule has 0 fully saturated rings. The summed E-state index contributed by atoms with van der Waals surface area (Å²) in [5, 5.41) is 5.20. The van der Waals surface area contributed by atoms with E-state index in [0.717, 1.165) is 40.9 Å². The lowest BCUT2D eigenvalue weighted by Gasteiger charge is -2.14. The van der Waals surface area contributed by atoms with Gasteiger partial charge in [-0.3, -0.25) is 9.00 Å². The summed E-state index contributed by atoms with van der Waals surface area (Å²) in [7, 11) is -1.43. The van der Waals surface area contributed by atoms with E-state index in [1.54, 1.807) is 18.3 Å². The number of aromatic nitrogens is 2. The molecule has 2 aromatic heterocycles. The predicted molar refractivity (Wildman–Crippen MR) is 126 cm³/mol. The highest BCUT2D eigenvalue weighted by molar-refractivity contribution is 7.84. The van der Waals surface area contributed by atoms with Gasteiger partial charge in [0.1, 0.15) is 22.2 Å². The third kappa shape index (κ3) is 5.25. The molecule has 1 N–H and O–H groups in total. The number of hydrogen-bond acceptors (Lipinski definition) is 7. The summed E-state index contributed by atoms with van der Waals surface area (Å²) in [4.78, 5) is 23.4. The van der Waals surface area contributed by atoms with Crippen molar-refractivity contribution < 1.29 is 13.7 Å². The van der Waals surface area contributed by atoms with E-state index in [2.05, 4.69) is 5.32 Å². The van der Waals surface area contributed by atoms with E-state index < -0.39 is 16.8 Å². The van der Waals surface area contributed by atoms with Crippen molar-refractivity contribution in [1.29, 1.82) is 0 Å². The lowest BCUT2D eigenvalue weighted by molar-refractivity contribution is -0.139. The minimum absolute atomic E-state index is 0.109. The van der Waals surface area contributed by atoms with Crippen LogP contribution in [0, 0.1) is 0 Å². The van der Waals surface area contributed by atoms with Gasteiger partial charge in [-0.25, -0.2) is 9.97 Å². The first-order chi connectivity index (χ1) is 15.0. The van der Waals surface area contributed by atoms with Gasteiger partial charge in [0.05, 0.1) is 17.7 Å². The summed E-state index contributed by atoms with van der Waals surface area (Å²) in [6.45, 7) is 2.53. The van der Waals surface area contributed by atoms with Gasteiger partial charge in [0, 0.05) is 27.2 Å². The Balaban J connectivity index is 1.64. The molecule has 1 aliphatic rings. The third-order valence-corrected chi connectivity index (χ3v) is 7.83. The van der Waals surface area contributed by atoms with Crippen molar-refractivity contribution in [3.63, 3.8) is 0 Å². The molecular weight excluding hydrogens is 454 g/mol. The maximum absolute atomic E-state index is 12.5. The van der Waals surface area contributed by atoms with Crippen LogP contribution >= 0.6 is 22.9 Å². The Hall–Kier alpha value is -2.03. The van der Waals surface area contributed by atoms with Crippen LogP contribution in [0.3, 0.4) is 0 Å². The normalized spacial score (nSPS) is 14.3. The van der Waals surface area contributed by atoms with Gasteiger partial charge in [-0.1, -0.05) is 29.8 Å². The Morgan fingerprint density at radius 1 is 1.26 bits per heavy atom. The SMILES string of the molecule is CCOC(=O)CS(=O)Cc1nc(NCc2ccccc2Cl)c2c3c(sc2n1)CCCC3. The molecular formula is C22H24ClN3O3S2. The number of nitrogens with zero attached hydrogens (tertiary/aromatic N) is 2. The molecule has 0 saturated heterocycles. The Bertz CT molecular complexity index is 1130. The van der Waals surface area contributed by atoms with Crippen molar-refractivity contribution in [2.75, 3.05) is 17.7 Å². The Labute approximate surface area is 192 Å². The summed E-state index contributed by atoms with van der Waals surface area (Å²) in [6.07, 6.45) is 4.43. The second-order valence-corrected chi connectivity index (χ2v) is 10.3. The molecule has 0 radical (unpaired) electrons. The second kappa shape index (κ2) is 10.1. The number of aryl methyl sites for hydroxylation is 2. The third-order valence-electron chi connectivity index (χ3n) is 5.14. The monoisotopic (exact) mass is 477 g/mol. The van der Waals surface area contributed by atoms with Gasteiger partial charge in [-0.05, 0) is 49.8 Å². The number of halogens is 1. The van der Waals surface area contributed by atoms with Crippen LogP contribution in [0.25, 0.3) is 10.2 Å². The van der Waals surface area contributed by atoms with E-state index in [4.69, 9.17) is 26.3 Å². The highest BCUT2D eigenvalue weighted by Crippen LogP contribution is 2.39. The van der Waals surface area contributed by atoms with Crippen molar-refractivity contribution in [2.45, 2.75) is 44.9 Å². The number of fused-ring (bicyclic) bond motifs is 3. The van der Waals surface area contributed by atoms with Gasteiger partial charge in [-0.2, -0.15) is 0 Å². The van der Waals surface area contributed by atoms with Crippen molar-refractivity contribution >= 4 is 55.7 Å². The van der Waals surface area contributed by atoms with E-state index >= 15 is 0 Å². The van der Waals surface area contributed by atoms with Crippen LogP contribution in [0.4, 0.5) is 5.82 Å². The minimum Gasteiger partial charge on any atom is -0.465 e. The van der Waals surface area contributed by atoms with Gasteiger partial charge in [0.25, 0.3) is 0 Å². The summed E-state index contributed by atoms with van der Waals surface area (Å²) in [6, 6.07) is 7.70. The molecule has 1 unspecified atom stereocenters. The quantitative estimate of drug-likeness (QED) is 0.476. The maximum Gasteiger partial charge on any atom is 0.318 e. The zero-order valence-electron chi connectivity index (χ0n) is 17.3. The van der Waals surface area contributed by atoms with Gasteiger partial charge in [0.15, 0.2) is 0 Å². The number of rotatable bonds is 8. The first-order valence-corrected chi connectivity index (χ1v) is 13.0. The molecule has 0 bridgehead atoms. The van der Waals surface area contributed by atoms with Crippen LogP contribution in [0.1, 0.15) is 41.6 Å². The van der Waals surface area contributed by atoms with Gasteiger partial charge < -0.3 is 10.1 Å². The molecule has 3 aromatic rings. The highest BCUT2D eigenvalue weighted by Gasteiger charge is 2.22. The van der Waals surface area contributed by atoms with E-state index in [0.29, 0.717) is 17.4 Å². The average molecular weight is 478 g/mol. The molecule has 0 spiro atoms. The van der Waals surface area contributed by atoms with Crippen molar-refractivity contribution in [3.8, 4) is 0 Å². The number of thiophene rings is 1. The van der Waals surface area contributed by atoms with Crippen LogP contribution in [0.15, 0.2) is 24.3 Å². The zero-order chi connectivity index (χ0) is 21.8. The fourth-order valence-electron chi connectivity index (χ4n) is 3.74. The van der Waals surface area contributed by atoms with Crippen molar-refractivity contribution in [3.05, 3.63) is 51.1 Å². The molecule has 0 aliphatic heterocycles. The maximum atomic E-state index is 12.5. The summed E-state index contributed by atoms with van der Waals surface area (Å²) >= 11 is 8.02. The van der Waals surface area contributed by atoms with Crippen LogP contribution in [-0.2, 0) is 45.5 Å². The summed E-state index contributed by atoms with van der Waals surface area (Å²) < 4.78 is 17.4. The first kappa shape index (κ1) is 22.2. The lowest BCUT2D eigenvalue weighted by atomic mass is 9.97. The molecule has 1 aromatic carbocycles. The molecule has 31 heavy (non-hydrogen) atoms. The number of anilines is 1. The zero-order valence-corrected chi connectivity index (χ0v) is 19.7. The molecule has 9 heteroatoms. The van der Waals surface area contributed by atoms with E-state index in [-0.39, 0.29) is 18.1 Å². The molecule has 1 atom stereocenters. The van der Waals surface area contributed by atoms with Crippen molar-refractivity contribution in [2.24, 2.45) is 0 Å². The van der Waals surface area contributed by atoms with Gasteiger partial charge >= 0.3 is 5.97 Å². The molecule has 0 amide bonds. The molecule has 4 rings (SSSR count). The number of carbonyl (C=O) groups excluding carboxylic acids is 1. The minimum atomic E-state index is -1.43. The fourth-order valence-corrected chi connectivity index (χ4v) is 6.09. The predicted octanol–water partition coefficient (Wildman–Crippen LogP) is 4.65. The molecule has 2 heterocycles. The van der Waals surface area contributed by atoms with Gasteiger partial charge in [-0.15, -0.1) is 11.3 Å². The Morgan fingerprint density at radius 2 is 2.06 bits per heavy atom. The topological polar surface area (TPSA) is 81.2 Å². The standard InChI is InChI=1S/C22H24ClN3O3S2/c1-2-29-19(27)13-31(28)12-18-25-21(24-11-14-7-3-5-9-16(14)23)20-15-8-4-6-10-17(15)30-22(20)26-18/h3,5,7,9H,2,4,6,8,10-13H2,1H3,(H,24,25,26). The largest absolute Gasteiger partial charge is 0.465 e. The van der Waals surface area contributed by atoms with Crippen LogP contribution in [0.2, 0.25) is 5.02 Å². The number of carbonyl (C=O) groups is 1. The Morgan fingerprint density at radius 3 is 2.87 bits per heavy atom. The number of nitrogens with one attached hydrogen (secondary N) is 1. The summed E-state index contributed by atoms with van der Waals surface area (Å²) in [5.74, 6) is 0.699. The number of ether oxygens (including phenoxy) is 1. The first-order valence-electron chi connectivity index (χ1n) is 10.3.